The quantitative estimate of drug-likeness (QED) is 0.190. The third kappa shape index (κ3) is 8.84. The first-order chi connectivity index (χ1) is 20.2. The van der Waals surface area contributed by atoms with E-state index in [4.69, 9.17) is 25.5 Å². The fourth-order valence-corrected chi connectivity index (χ4v) is 5.05. The van der Waals surface area contributed by atoms with Crippen molar-refractivity contribution in [2.45, 2.75) is 38.8 Å². The van der Waals surface area contributed by atoms with Gasteiger partial charge in [0.05, 0.1) is 66.8 Å². The molecule has 2 aromatic carbocycles. The van der Waals surface area contributed by atoms with Crippen molar-refractivity contribution in [1.29, 1.82) is 0 Å². The summed E-state index contributed by atoms with van der Waals surface area (Å²) < 4.78 is 16.5. The van der Waals surface area contributed by atoms with E-state index in [2.05, 4.69) is 42.4 Å². The molecule has 2 fully saturated rings. The molecule has 13 heteroatoms. The molecule has 2 aliphatic rings. The minimum absolute atomic E-state index is 0.0483. The molecule has 8 N–H and O–H groups in total. The van der Waals surface area contributed by atoms with Crippen molar-refractivity contribution in [3.05, 3.63) is 52.3 Å². The molecule has 3 aromatic rings. The fraction of sp³-hybridized carbons (Fsp3) is 0.414. The van der Waals surface area contributed by atoms with Crippen LogP contribution in [0.4, 0.5) is 22.7 Å². The molecule has 2 aliphatic heterocycles. The van der Waals surface area contributed by atoms with E-state index in [9.17, 15) is 9.59 Å². The average Bonchev–Trinajstić information content (AvgIpc) is 3.72. The number of amides is 2. The lowest BCUT2D eigenvalue weighted by atomic mass is 10.0. The summed E-state index contributed by atoms with van der Waals surface area (Å²) >= 11 is 3.33. The van der Waals surface area contributed by atoms with Crippen LogP contribution < -0.4 is 32.7 Å². The van der Waals surface area contributed by atoms with E-state index in [1.165, 1.54) is 0 Å². The largest absolute Gasteiger partial charge is 0.397 e. The molecule has 226 valence electrons. The Labute approximate surface area is 253 Å². The van der Waals surface area contributed by atoms with E-state index in [1.807, 2.05) is 44.2 Å². The number of aryl methyl sites for hydroxylation is 2. The second-order valence-electron chi connectivity index (χ2n) is 10.2. The van der Waals surface area contributed by atoms with Crippen LogP contribution in [0.3, 0.4) is 0 Å². The minimum atomic E-state index is -0.0697. The zero-order valence-corrected chi connectivity index (χ0v) is 25.4. The van der Waals surface area contributed by atoms with Crippen LogP contribution in [0, 0.1) is 13.8 Å². The molecular weight excluding hydrogens is 606 g/mol. The molecule has 5 rings (SSSR count). The normalized spacial score (nSPS) is 17.7. The summed E-state index contributed by atoms with van der Waals surface area (Å²) in [5.41, 5.74) is 17.3. The zero-order chi connectivity index (χ0) is 30.1. The van der Waals surface area contributed by atoms with Crippen molar-refractivity contribution in [3.8, 4) is 11.1 Å². The Bertz CT molecular complexity index is 1350. The van der Waals surface area contributed by atoms with E-state index < -0.39 is 0 Å². The summed E-state index contributed by atoms with van der Waals surface area (Å²) in [6.07, 6.45) is 1.74. The van der Waals surface area contributed by atoms with Gasteiger partial charge in [-0.15, -0.1) is 0 Å². The maximum absolute atomic E-state index is 11.9. The third-order valence-electron chi connectivity index (χ3n) is 6.86. The van der Waals surface area contributed by atoms with Gasteiger partial charge in [-0.05, 0) is 62.6 Å². The first kappa shape index (κ1) is 31.1. The number of hydrogen-bond acceptors (Lipinski definition) is 10. The fourth-order valence-electron chi connectivity index (χ4n) is 4.67. The van der Waals surface area contributed by atoms with E-state index in [1.54, 1.807) is 6.07 Å². The average molecular weight is 645 g/mol. The lowest BCUT2D eigenvalue weighted by Crippen LogP contribution is -2.38. The highest BCUT2D eigenvalue weighted by Crippen LogP contribution is 2.31. The van der Waals surface area contributed by atoms with Gasteiger partial charge in [0.25, 0.3) is 0 Å². The van der Waals surface area contributed by atoms with Gasteiger partial charge in [-0.2, -0.15) is 0 Å². The highest BCUT2D eigenvalue weighted by Gasteiger charge is 2.19. The number of carbonyl (C=O) groups excluding carboxylic acids is 2. The molecule has 3 heterocycles. The lowest BCUT2D eigenvalue weighted by molar-refractivity contribution is -0.120. The third-order valence-corrected chi connectivity index (χ3v) is 7.35. The molecule has 0 bridgehead atoms. The second kappa shape index (κ2) is 14.9. The number of benzene rings is 2. The topological polar surface area (TPSA) is 179 Å². The molecule has 0 spiro atoms. The second-order valence-corrected chi connectivity index (χ2v) is 11.1. The Kier molecular flexibility index (Phi) is 11.0. The van der Waals surface area contributed by atoms with Gasteiger partial charge in [0, 0.05) is 23.2 Å². The van der Waals surface area contributed by atoms with Gasteiger partial charge in [-0.3, -0.25) is 9.59 Å². The van der Waals surface area contributed by atoms with Crippen molar-refractivity contribution in [3.63, 3.8) is 0 Å². The van der Waals surface area contributed by atoms with E-state index >= 15 is 0 Å². The molecule has 0 radical (unpaired) electrons. The molecule has 1 aromatic heterocycles. The number of aromatic nitrogens is 1. The van der Waals surface area contributed by atoms with Crippen LogP contribution in [-0.2, 0) is 19.1 Å². The number of carbonyl (C=O) groups is 2. The van der Waals surface area contributed by atoms with Crippen LogP contribution in [0.1, 0.15) is 24.3 Å². The standard InChI is InChI=1S/C17H22N4O3.C12H16BrN3O2/c1-10-17(11(2)24-21-10)12-3-4-15(14(18)7-12)19-8-16(22)20-13-5-6-23-9-13;13-8-1-2-11(10(14)5-8)15-6-12(17)16-9-3-4-18-7-9/h3-4,7,13,19H,5-6,8-9,18H2,1-2H3,(H,20,22);1-2,5,9,15H,3-4,6-7,14H2,(H,16,17). The Morgan fingerprint density at radius 1 is 0.881 bits per heavy atom. The Balaban J connectivity index is 0.000000201. The number of nitrogens with zero attached hydrogens (tertiary/aromatic N) is 1. The summed E-state index contributed by atoms with van der Waals surface area (Å²) in [5.74, 6) is 0.637. The number of hydrogen-bond donors (Lipinski definition) is 6. The number of nitrogen functional groups attached to an aromatic ring is 2. The maximum Gasteiger partial charge on any atom is 0.239 e. The van der Waals surface area contributed by atoms with Crippen LogP contribution in [0.25, 0.3) is 11.1 Å². The number of nitrogens with one attached hydrogen (secondary N) is 4. The van der Waals surface area contributed by atoms with Crippen molar-refractivity contribution in [1.82, 2.24) is 15.8 Å². The van der Waals surface area contributed by atoms with Crippen LogP contribution in [0.15, 0.2) is 45.4 Å². The molecule has 42 heavy (non-hydrogen) atoms. The van der Waals surface area contributed by atoms with Crippen molar-refractivity contribution in [2.24, 2.45) is 0 Å². The monoisotopic (exact) mass is 643 g/mol. The molecule has 0 saturated carbocycles. The van der Waals surface area contributed by atoms with E-state index in [-0.39, 0.29) is 37.0 Å². The number of ether oxygens (including phenoxy) is 2. The number of anilines is 4. The molecule has 2 saturated heterocycles. The van der Waals surface area contributed by atoms with Gasteiger partial charge in [-0.1, -0.05) is 27.2 Å². The molecule has 0 aliphatic carbocycles. The highest BCUT2D eigenvalue weighted by molar-refractivity contribution is 9.10. The van der Waals surface area contributed by atoms with Crippen molar-refractivity contribution in [2.75, 3.05) is 61.6 Å². The SMILES string of the molecule is Cc1noc(C)c1-c1ccc(NCC(=O)NC2CCOC2)c(N)c1.Nc1cc(Br)ccc1NCC(=O)NC1CCOC1. The lowest BCUT2D eigenvalue weighted by Gasteiger charge is -2.13. The smallest absolute Gasteiger partial charge is 0.239 e. The number of nitrogens with two attached hydrogens (primary N) is 2. The number of rotatable bonds is 9. The summed E-state index contributed by atoms with van der Waals surface area (Å²) in [6.45, 7) is 6.76. The van der Waals surface area contributed by atoms with Gasteiger partial charge in [0.1, 0.15) is 5.76 Å². The number of halogens is 1. The summed E-state index contributed by atoms with van der Waals surface area (Å²) in [5, 5.41) is 15.9. The van der Waals surface area contributed by atoms with Crippen LogP contribution in [0.2, 0.25) is 0 Å². The molecule has 2 unspecified atom stereocenters. The van der Waals surface area contributed by atoms with Crippen LogP contribution in [0.5, 0.6) is 0 Å². The predicted octanol–water partition coefficient (Wildman–Crippen LogP) is 3.21. The van der Waals surface area contributed by atoms with Gasteiger partial charge >= 0.3 is 0 Å². The first-order valence-electron chi connectivity index (χ1n) is 13.8. The Hall–Kier alpha value is -3.81. The van der Waals surface area contributed by atoms with Gasteiger partial charge in [-0.25, -0.2) is 0 Å². The van der Waals surface area contributed by atoms with Gasteiger partial charge < -0.3 is 46.7 Å². The van der Waals surface area contributed by atoms with Crippen LogP contribution in [-0.4, -0.2) is 68.6 Å². The van der Waals surface area contributed by atoms with Crippen LogP contribution >= 0.6 is 15.9 Å². The Morgan fingerprint density at radius 3 is 1.88 bits per heavy atom. The van der Waals surface area contributed by atoms with Gasteiger partial charge in [0.15, 0.2) is 0 Å². The van der Waals surface area contributed by atoms with E-state index in [0.717, 1.165) is 57.9 Å². The maximum atomic E-state index is 11.9. The first-order valence-corrected chi connectivity index (χ1v) is 14.6. The molecule has 2 amide bonds. The molecule has 2 atom stereocenters. The summed E-state index contributed by atoms with van der Waals surface area (Å²) in [4.78, 5) is 23.6. The molecule has 12 nitrogen and oxygen atoms in total. The molecular formula is C29H38BrN7O5. The van der Waals surface area contributed by atoms with Crippen molar-refractivity contribution >= 4 is 50.5 Å². The summed E-state index contributed by atoms with van der Waals surface area (Å²) in [7, 11) is 0. The summed E-state index contributed by atoms with van der Waals surface area (Å²) in [6, 6.07) is 11.4. The predicted molar refractivity (Wildman–Crippen MR) is 166 cm³/mol. The Morgan fingerprint density at radius 2 is 1.43 bits per heavy atom. The minimum Gasteiger partial charge on any atom is -0.397 e. The highest BCUT2D eigenvalue weighted by atomic mass is 79.9. The van der Waals surface area contributed by atoms with E-state index in [0.29, 0.717) is 31.2 Å². The van der Waals surface area contributed by atoms with Crippen molar-refractivity contribution < 1.29 is 23.6 Å². The zero-order valence-electron chi connectivity index (χ0n) is 23.8. The van der Waals surface area contributed by atoms with Gasteiger partial charge in [0.2, 0.25) is 11.8 Å².